The van der Waals surface area contributed by atoms with Gasteiger partial charge in [-0.1, -0.05) is 11.6 Å². The van der Waals surface area contributed by atoms with Crippen LogP contribution in [0.4, 0.5) is 5.82 Å². The van der Waals surface area contributed by atoms with E-state index in [0.717, 1.165) is 0 Å². The van der Waals surface area contributed by atoms with Gasteiger partial charge in [-0.25, -0.2) is 15.0 Å². The number of pyridine rings is 1. The van der Waals surface area contributed by atoms with E-state index >= 15 is 0 Å². The van der Waals surface area contributed by atoms with Gasteiger partial charge in [-0.3, -0.25) is 4.79 Å². The molecule has 0 unspecified atom stereocenters. The summed E-state index contributed by atoms with van der Waals surface area (Å²) in [6, 6.07) is 3.44. The Morgan fingerprint density at radius 1 is 1.24 bits per heavy atom. The van der Waals surface area contributed by atoms with Crippen molar-refractivity contribution < 1.29 is 4.79 Å². The summed E-state index contributed by atoms with van der Waals surface area (Å²) < 4.78 is 0.595. The Bertz CT molecular complexity index is 564. The summed E-state index contributed by atoms with van der Waals surface area (Å²) in [5.41, 5.74) is 0.259. The predicted molar refractivity (Wildman–Crippen MR) is 66.9 cm³/mol. The topological polar surface area (TPSA) is 67.8 Å². The number of carbonyl (C=O) groups is 1. The summed E-state index contributed by atoms with van der Waals surface area (Å²) in [7, 11) is 0. The van der Waals surface area contributed by atoms with Crippen LogP contribution in [0.2, 0.25) is 5.15 Å². The molecule has 0 aromatic carbocycles. The molecular weight excluding hydrogens is 307 g/mol. The zero-order chi connectivity index (χ0) is 12.3. The van der Waals surface area contributed by atoms with Crippen molar-refractivity contribution in [2.45, 2.75) is 0 Å². The number of amides is 1. The van der Waals surface area contributed by atoms with Gasteiger partial charge in [0.2, 0.25) is 0 Å². The molecule has 17 heavy (non-hydrogen) atoms. The van der Waals surface area contributed by atoms with E-state index in [2.05, 4.69) is 36.2 Å². The maximum absolute atomic E-state index is 11.9. The van der Waals surface area contributed by atoms with Gasteiger partial charge in [-0.2, -0.15) is 0 Å². The smallest absolute Gasteiger partial charge is 0.276 e. The van der Waals surface area contributed by atoms with Crippen LogP contribution in [-0.4, -0.2) is 20.9 Å². The van der Waals surface area contributed by atoms with Crippen molar-refractivity contribution in [1.29, 1.82) is 0 Å². The molecule has 1 N–H and O–H groups in total. The second kappa shape index (κ2) is 5.20. The molecule has 0 bridgehead atoms. The Hall–Kier alpha value is -1.53. The fourth-order valence-corrected chi connectivity index (χ4v) is 1.71. The zero-order valence-corrected chi connectivity index (χ0v) is 10.7. The molecule has 5 nitrogen and oxygen atoms in total. The van der Waals surface area contributed by atoms with E-state index in [4.69, 9.17) is 11.6 Å². The summed E-state index contributed by atoms with van der Waals surface area (Å²) >= 11 is 9.01. The maximum Gasteiger partial charge on any atom is 0.276 e. The third-order valence-electron chi connectivity index (χ3n) is 1.86. The highest BCUT2D eigenvalue weighted by Crippen LogP contribution is 2.18. The van der Waals surface area contributed by atoms with E-state index in [9.17, 15) is 4.79 Å². The molecular formula is C10H6BrClN4O. The quantitative estimate of drug-likeness (QED) is 0.925. The number of carbonyl (C=O) groups excluding carboxylic acids is 1. The van der Waals surface area contributed by atoms with Crippen molar-refractivity contribution in [3.63, 3.8) is 0 Å². The van der Waals surface area contributed by atoms with E-state index in [1.165, 1.54) is 18.6 Å². The van der Waals surface area contributed by atoms with Crippen molar-refractivity contribution in [3.8, 4) is 0 Å². The number of aromatic nitrogens is 3. The molecule has 0 saturated carbocycles. The molecule has 0 radical (unpaired) electrons. The van der Waals surface area contributed by atoms with Gasteiger partial charge < -0.3 is 5.32 Å². The van der Waals surface area contributed by atoms with Gasteiger partial charge in [-0.15, -0.1) is 0 Å². The molecule has 2 rings (SSSR count). The highest BCUT2D eigenvalue weighted by molar-refractivity contribution is 9.10. The first kappa shape index (κ1) is 11.9. The van der Waals surface area contributed by atoms with Crippen LogP contribution in [0.3, 0.4) is 0 Å². The van der Waals surface area contributed by atoms with E-state index in [1.54, 1.807) is 12.1 Å². The normalized spacial score (nSPS) is 10.0. The lowest BCUT2D eigenvalue weighted by Gasteiger charge is -2.05. The second-order valence-corrected chi connectivity index (χ2v) is 4.20. The molecule has 2 aromatic rings. The number of anilines is 1. The number of nitrogens with one attached hydrogen (secondary N) is 1. The summed E-state index contributed by atoms with van der Waals surface area (Å²) in [6.07, 6.45) is 4.40. The van der Waals surface area contributed by atoms with Gasteiger partial charge in [-0.05, 0) is 28.1 Å². The minimum Gasteiger partial charge on any atom is -0.303 e. The maximum atomic E-state index is 11.9. The van der Waals surface area contributed by atoms with Gasteiger partial charge in [0, 0.05) is 23.1 Å². The Morgan fingerprint density at radius 2 is 2.00 bits per heavy atom. The molecule has 0 aliphatic rings. The molecule has 0 atom stereocenters. The van der Waals surface area contributed by atoms with Crippen LogP contribution in [0.1, 0.15) is 10.5 Å². The number of rotatable bonds is 2. The van der Waals surface area contributed by atoms with E-state index < -0.39 is 5.91 Å². The fraction of sp³-hybridized carbons (Fsp3) is 0. The Labute approximate surface area is 110 Å². The molecule has 0 aliphatic carbocycles. The number of hydrogen-bond acceptors (Lipinski definition) is 4. The fourth-order valence-electron chi connectivity index (χ4n) is 1.12. The molecule has 1 amide bonds. The number of nitrogens with zero attached hydrogens (tertiary/aromatic N) is 3. The molecule has 86 valence electrons. The second-order valence-electron chi connectivity index (χ2n) is 2.98. The highest BCUT2D eigenvalue weighted by Gasteiger charge is 2.13. The Balaban J connectivity index is 2.24. The van der Waals surface area contributed by atoms with Crippen LogP contribution in [-0.2, 0) is 0 Å². The van der Waals surface area contributed by atoms with Gasteiger partial charge in [0.25, 0.3) is 5.91 Å². The van der Waals surface area contributed by atoms with Crippen molar-refractivity contribution in [2.24, 2.45) is 0 Å². The van der Waals surface area contributed by atoms with Gasteiger partial charge in [0.15, 0.2) is 11.0 Å². The van der Waals surface area contributed by atoms with Gasteiger partial charge >= 0.3 is 0 Å². The van der Waals surface area contributed by atoms with Crippen LogP contribution in [0, 0.1) is 0 Å². The number of hydrogen-bond donors (Lipinski definition) is 1. The third kappa shape index (κ3) is 2.78. The highest BCUT2D eigenvalue weighted by atomic mass is 79.9. The van der Waals surface area contributed by atoms with Crippen LogP contribution in [0.5, 0.6) is 0 Å². The monoisotopic (exact) mass is 312 g/mol. The lowest BCUT2D eigenvalue weighted by Crippen LogP contribution is -2.15. The average molecular weight is 314 g/mol. The van der Waals surface area contributed by atoms with Crippen LogP contribution in [0.15, 0.2) is 35.2 Å². The molecule has 7 heteroatoms. The number of halogens is 2. The van der Waals surface area contributed by atoms with Gasteiger partial charge in [0.05, 0.1) is 0 Å². The summed E-state index contributed by atoms with van der Waals surface area (Å²) in [4.78, 5) is 23.5. The first-order valence-electron chi connectivity index (χ1n) is 4.57. The molecule has 2 aromatic heterocycles. The van der Waals surface area contributed by atoms with Crippen molar-refractivity contribution >= 4 is 39.3 Å². The van der Waals surface area contributed by atoms with Crippen molar-refractivity contribution in [2.75, 3.05) is 5.32 Å². The van der Waals surface area contributed by atoms with E-state index in [1.807, 2.05) is 0 Å². The summed E-state index contributed by atoms with van der Waals surface area (Å²) in [5, 5.41) is 2.66. The molecule has 0 aliphatic heterocycles. The molecule has 2 heterocycles. The molecule has 0 spiro atoms. The SMILES string of the molecule is O=C(Nc1nccnc1Cl)c1ncccc1Br. The Kier molecular flexibility index (Phi) is 3.65. The van der Waals surface area contributed by atoms with E-state index in [0.29, 0.717) is 4.47 Å². The molecule has 0 fully saturated rings. The zero-order valence-electron chi connectivity index (χ0n) is 8.39. The first-order chi connectivity index (χ1) is 8.18. The minimum atomic E-state index is -0.403. The standard InChI is InChI=1S/C10H6BrClN4O/c11-6-2-1-3-13-7(6)10(17)16-9-8(12)14-4-5-15-9/h1-5H,(H,15,16,17). The van der Waals surface area contributed by atoms with E-state index in [-0.39, 0.29) is 16.7 Å². The first-order valence-corrected chi connectivity index (χ1v) is 5.74. The molecule has 0 saturated heterocycles. The predicted octanol–water partition coefficient (Wildman–Crippen LogP) is 2.54. The van der Waals surface area contributed by atoms with Crippen LogP contribution >= 0.6 is 27.5 Å². The third-order valence-corrected chi connectivity index (χ3v) is 2.78. The lowest BCUT2D eigenvalue weighted by molar-refractivity contribution is 0.102. The van der Waals surface area contributed by atoms with Crippen LogP contribution in [0.25, 0.3) is 0 Å². The van der Waals surface area contributed by atoms with Crippen molar-refractivity contribution in [1.82, 2.24) is 15.0 Å². The van der Waals surface area contributed by atoms with Crippen molar-refractivity contribution in [3.05, 3.63) is 46.0 Å². The van der Waals surface area contributed by atoms with Crippen LogP contribution < -0.4 is 5.32 Å². The van der Waals surface area contributed by atoms with Gasteiger partial charge in [0.1, 0.15) is 5.69 Å². The minimum absolute atomic E-state index is 0.132. The largest absolute Gasteiger partial charge is 0.303 e. The lowest BCUT2D eigenvalue weighted by atomic mass is 10.3. The Morgan fingerprint density at radius 3 is 2.71 bits per heavy atom. The summed E-state index contributed by atoms with van der Waals surface area (Å²) in [5.74, 6) is -0.198. The summed E-state index contributed by atoms with van der Waals surface area (Å²) in [6.45, 7) is 0. The average Bonchev–Trinajstić information content (AvgIpc) is 2.32.